The number of imide groups is 1. The normalized spacial score (nSPS) is 16.0. The molecule has 9 nitrogen and oxygen atoms in total. The van der Waals surface area contributed by atoms with Crippen LogP contribution in [-0.4, -0.2) is 62.3 Å². The summed E-state index contributed by atoms with van der Waals surface area (Å²) in [6.07, 6.45) is 1.49. The maximum atomic E-state index is 12.6. The lowest BCUT2D eigenvalue weighted by atomic mass is 10.3. The van der Waals surface area contributed by atoms with Crippen LogP contribution in [0.2, 0.25) is 4.34 Å². The van der Waals surface area contributed by atoms with Crippen molar-refractivity contribution in [3.05, 3.63) is 40.6 Å². The van der Waals surface area contributed by atoms with Crippen LogP contribution in [0.25, 0.3) is 0 Å². The molecule has 0 radical (unpaired) electrons. The van der Waals surface area contributed by atoms with Crippen LogP contribution in [0.3, 0.4) is 0 Å². The van der Waals surface area contributed by atoms with E-state index in [1.807, 2.05) is 0 Å². The van der Waals surface area contributed by atoms with Crippen molar-refractivity contribution >= 4 is 44.9 Å². The number of rotatable bonds is 6. The summed E-state index contributed by atoms with van der Waals surface area (Å²) in [5.41, 5.74) is 0. The van der Waals surface area contributed by atoms with Crippen LogP contribution in [0.5, 0.6) is 0 Å². The molecule has 0 saturated carbocycles. The highest BCUT2D eigenvalue weighted by Gasteiger charge is 2.30. The van der Waals surface area contributed by atoms with Gasteiger partial charge in [-0.15, -0.1) is 11.3 Å². The second-order valence-corrected chi connectivity index (χ2v) is 9.93. The molecule has 0 aliphatic carbocycles. The number of carbonyl (C=O) groups excluding carboxylic acids is 2. The standard InChI is InChI=1S/C16H19ClN4O5S2/c17-13-3-4-15(27-13)28(24,25)21-7-5-20(6-8-21)11-14(22)19-16(23)18-10-12-2-1-9-26-12/h1-4,9H,5-8,10-11H2,(H2,18,19,22,23). The van der Waals surface area contributed by atoms with Gasteiger partial charge in [0.2, 0.25) is 5.91 Å². The molecule has 28 heavy (non-hydrogen) atoms. The number of amides is 3. The monoisotopic (exact) mass is 446 g/mol. The van der Waals surface area contributed by atoms with Crippen molar-refractivity contribution in [1.29, 1.82) is 0 Å². The van der Waals surface area contributed by atoms with E-state index in [1.165, 1.54) is 16.6 Å². The predicted octanol–water partition coefficient (Wildman–Crippen LogP) is 1.33. The zero-order chi connectivity index (χ0) is 20.1. The second-order valence-electron chi connectivity index (χ2n) is 6.05. The average molecular weight is 447 g/mol. The number of nitrogens with one attached hydrogen (secondary N) is 2. The Labute approximate surface area is 171 Å². The first-order valence-corrected chi connectivity index (χ1v) is 11.1. The molecule has 2 N–H and O–H groups in total. The third kappa shape index (κ3) is 5.32. The molecule has 152 valence electrons. The maximum absolute atomic E-state index is 12.6. The number of sulfonamides is 1. The molecular formula is C16H19ClN4O5S2. The fraction of sp³-hybridized carbons (Fsp3) is 0.375. The molecule has 12 heteroatoms. The summed E-state index contributed by atoms with van der Waals surface area (Å²) < 4.78 is 32.2. The molecule has 0 atom stereocenters. The quantitative estimate of drug-likeness (QED) is 0.692. The van der Waals surface area contributed by atoms with Gasteiger partial charge >= 0.3 is 6.03 Å². The number of hydrogen-bond acceptors (Lipinski definition) is 7. The zero-order valence-corrected chi connectivity index (χ0v) is 17.1. The molecule has 0 bridgehead atoms. The van der Waals surface area contributed by atoms with E-state index in [0.717, 1.165) is 11.3 Å². The molecule has 3 heterocycles. The molecule has 0 spiro atoms. The number of carbonyl (C=O) groups is 2. The molecule has 3 rings (SSSR count). The number of furan rings is 1. The lowest BCUT2D eigenvalue weighted by molar-refractivity contribution is -0.121. The summed E-state index contributed by atoms with van der Waals surface area (Å²) in [5.74, 6) is 0.116. The minimum Gasteiger partial charge on any atom is -0.467 e. The summed E-state index contributed by atoms with van der Waals surface area (Å²) >= 11 is 6.84. The summed E-state index contributed by atoms with van der Waals surface area (Å²) in [6, 6.07) is 5.84. The Morgan fingerprint density at radius 1 is 1.18 bits per heavy atom. The number of nitrogens with zero attached hydrogens (tertiary/aromatic N) is 2. The minimum atomic E-state index is -3.57. The van der Waals surface area contributed by atoms with E-state index >= 15 is 0 Å². The van der Waals surface area contributed by atoms with Gasteiger partial charge in [-0.1, -0.05) is 11.6 Å². The van der Waals surface area contributed by atoms with Gasteiger partial charge in [-0.3, -0.25) is 15.0 Å². The number of urea groups is 1. The lowest BCUT2D eigenvalue weighted by Crippen LogP contribution is -2.52. The predicted molar refractivity (Wildman–Crippen MR) is 104 cm³/mol. The van der Waals surface area contributed by atoms with Crippen LogP contribution in [0, 0.1) is 0 Å². The third-order valence-electron chi connectivity index (χ3n) is 4.10. The first kappa shape index (κ1) is 20.8. The van der Waals surface area contributed by atoms with Crippen molar-refractivity contribution in [2.24, 2.45) is 0 Å². The smallest absolute Gasteiger partial charge is 0.321 e. The molecule has 0 unspecified atom stereocenters. The van der Waals surface area contributed by atoms with Gasteiger partial charge in [0.25, 0.3) is 10.0 Å². The molecular weight excluding hydrogens is 428 g/mol. The SMILES string of the molecule is O=C(CN1CCN(S(=O)(=O)c2ccc(Cl)s2)CC1)NC(=O)NCc1ccco1. The Balaban J connectivity index is 1.42. The van der Waals surface area contributed by atoms with E-state index in [9.17, 15) is 18.0 Å². The van der Waals surface area contributed by atoms with Gasteiger partial charge in [-0.2, -0.15) is 4.31 Å². The van der Waals surface area contributed by atoms with Crippen LogP contribution in [-0.2, 0) is 21.4 Å². The van der Waals surface area contributed by atoms with Gasteiger partial charge in [0.05, 0.1) is 23.7 Å². The molecule has 0 aromatic carbocycles. The largest absolute Gasteiger partial charge is 0.467 e. The third-order valence-corrected chi connectivity index (χ3v) is 7.69. The van der Waals surface area contributed by atoms with E-state index in [1.54, 1.807) is 23.1 Å². The lowest BCUT2D eigenvalue weighted by Gasteiger charge is -2.33. The van der Waals surface area contributed by atoms with Crippen molar-refractivity contribution in [2.45, 2.75) is 10.8 Å². The van der Waals surface area contributed by atoms with Crippen LogP contribution in [0.4, 0.5) is 4.79 Å². The van der Waals surface area contributed by atoms with E-state index in [0.29, 0.717) is 23.2 Å². The molecule has 3 amide bonds. The van der Waals surface area contributed by atoms with Gasteiger partial charge in [-0.25, -0.2) is 13.2 Å². The molecule has 1 aliphatic heterocycles. The summed E-state index contributed by atoms with van der Waals surface area (Å²) in [5, 5.41) is 4.76. The van der Waals surface area contributed by atoms with Crippen LogP contribution in [0.1, 0.15) is 5.76 Å². The Hall–Kier alpha value is -1.92. The van der Waals surface area contributed by atoms with Gasteiger partial charge in [0, 0.05) is 26.2 Å². The first-order chi connectivity index (χ1) is 13.3. The topological polar surface area (TPSA) is 112 Å². The number of hydrogen-bond donors (Lipinski definition) is 2. The summed E-state index contributed by atoms with van der Waals surface area (Å²) in [4.78, 5) is 25.5. The maximum Gasteiger partial charge on any atom is 0.321 e. The summed E-state index contributed by atoms with van der Waals surface area (Å²) in [6.45, 7) is 1.48. The Kier molecular flexibility index (Phi) is 6.73. The second kappa shape index (κ2) is 9.05. The molecule has 1 saturated heterocycles. The van der Waals surface area contributed by atoms with Crippen LogP contribution in [0.15, 0.2) is 39.2 Å². The molecule has 2 aromatic rings. The van der Waals surface area contributed by atoms with Crippen LogP contribution >= 0.6 is 22.9 Å². The fourth-order valence-electron chi connectivity index (χ4n) is 2.69. The van der Waals surface area contributed by atoms with E-state index < -0.39 is 22.0 Å². The van der Waals surface area contributed by atoms with E-state index in [4.69, 9.17) is 16.0 Å². The zero-order valence-electron chi connectivity index (χ0n) is 14.8. The van der Waals surface area contributed by atoms with Gasteiger partial charge in [0.1, 0.15) is 9.97 Å². The minimum absolute atomic E-state index is 0.00684. The number of thiophene rings is 1. The van der Waals surface area contributed by atoms with Crippen LogP contribution < -0.4 is 10.6 Å². The van der Waals surface area contributed by atoms with Crippen molar-refractivity contribution in [1.82, 2.24) is 19.8 Å². The Bertz CT molecular complexity index is 921. The van der Waals surface area contributed by atoms with E-state index in [-0.39, 0.29) is 30.4 Å². The number of piperazine rings is 1. The molecule has 1 fully saturated rings. The van der Waals surface area contributed by atoms with Gasteiger partial charge in [-0.05, 0) is 24.3 Å². The van der Waals surface area contributed by atoms with Crippen molar-refractivity contribution in [3.8, 4) is 0 Å². The van der Waals surface area contributed by atoms with Crippen molar-refractivity contribution < 1.29 is 22.4 Å². The fourth-order valence-corrected chi connectivity index (χ4v) is 5.74. The number of halogens is 1. The summed E-state index contributed by atoms with van der Waals surface area (Å²) in [7, 11) is -3.57. The highest BCUT2D eigenvalue weighted by atomic mass is 35.5. The van der Waals surface area contributed by atoms with Crippen molar-refractivity contribution in [2.75, 3.05) is 32.7 Å². The van der Waals surface area contributed by atoms with Gasteiger partial charge < -0.3 is 9.73 Å². The van der Waals surface area contributed by atoms with Crippen molar-refractivity contribution in [3.63, 3.8) is 0 Å². The highest BCUT2D eigenvalue weighted by molar-refractivity contribution is 7.91. The first-order valence-electron chi connectivity index (χ1n) is 8.42. The molecule has 2 aromatic heterocycles. The Morgan fingerprint density at radius 2 is 1.93 bits per heavy atom. The molecule has 1 aliphatic rings. The van der Waals surface area contributed by atoms with Gasteiger partial charge in [0.15, 0.2) is 0 Å². The Morgan fingerprint density at radius 3 is 2.54 bits per heavy atom. The van der Waals surface area contributed by atoms with E-state index in [2.05, 4.69) is 10.6 Å². The average Bonchev–Trinajstić information content (AvgIpc) is 3.32. The highest BCUT2D eigenvalue weighted by Crippen LogP contribution is 2.28.